The standard InChI is InChI=1S/C10H11ClN3O14P3/c11-5-6(14-2-1-4(15)13-8(14)16)25-9(3-12)7(10(5,9)17)26-30(21,22)28-31(23,24)27-29(18,19)20/h1-2,5-7,17H,(H,21,22)(H,23,24)(H,13,15,16)(H2,18,19,20)/t5-,6+,7?,9+,10+/m0/s1. The van der Waals surface area contributed by atoms with Crippen LogP contribution in [0.2, 0.25) is 0 Å². The summed E-state index contributed by atoms with van der Waals surface area (Å²) in [7, 11) is -17.2. The highest BCUT2D eigenvalue weighted by atomic mass is 35.5. The lowest BCUT2D eigenvalue weighted by atomic mass is 10.2. The fourth-order valence-electron chi connectivity index (χ4n) is 2.98. The van der Waals surface area contributed by atoms with Gasteiger partial charge in [-0.2, -0.15) is 13.9 Å². The Kier molecular flexibility index (Phi) is 5.84. The molecule has 0 spiro atoms. The van der Waals surface area contributed by atoms with E-state index in [0.29, 0.717) is 4.57 Å². The second kappa shape index (κ2) is 7.41. The number of nitrogens with zero attached hydrogens (tertiary/aromatic N) is 2. The van der Waals surface area contributed by atoms with Crippen molar-refractivity contribution in [3.8, 4) is 6.07 Å². The number of aromatic nitrogens is 2. The van der Waals surface area contributed by atoms with Gasteiger partial charge in [-0.1, -0.05) is 0 Å². The van der Waals surface area contributed by atoms with Gasteiger partial charge in [0.25, 0.3) is 5.56 Å². The molecule has 1 saturated carbocycles. The Labute approximate surface area is 174 Å². The van der Waals surface area contributed by atoms with E-state index in [2.05, 4.69) is 13.1 Å². The number of hydrogen-bond donors (Lipinski definition) is 6. The van der Waals surface area contributed by atoms with Crippen LogP contribution in [0.1, 0.15) is 6.23 Å². The zero-order valence-electron chi connectivity index (χ0n) is 14.4. The molecule has 1 aromatic rings. The summed E-state index contributed by atoms with van der Waals surface area (Å²) in [5.74, 6) is 0. The Bertz CT molecular complexity index is 1220. The summed E-state index contributed by atoms with van der Waals surface area (Å²) in [4.78, 5) is 60.7. The molecule has 2 aliphatic rings. The lowest BCUT2D eigenvalue weighted by molar-refractivity contribution is -0.0404. The van der Waals surface area contributed by atoms with E-state index < -0.39 is 63.6 Å². The Morgan fingerprint density at radius 2 is 1.81 bits per heavy atom. The quantitative estimate of drug-likeness (QED) is 0.173. The molecule has 2 heterocycles. The first-order valence-electron chi connectivity index (χ1n) is 7.57. The summed E-state index contributed by atoms with van der Waals surface area (Å²) >= 11 is 6.07. The topological polar surface area (TPSA) is 268 Å². The molecule has 3 rings (SSSR count). The summed E-state index contributed by atoms with van der Waals surface area (Å²) in [5.41, 5.74) is -6.82. The van der Waals surface area contributed by atoms with Gasteiger partial charge in [-0.25, -0.2) is 18.5 Å². The molecule has 0 radical (unpaired) electrons. The number of rotatable bonds is 7. The molecular formula is C10H11ClN3O14P3. The van der Waals surface area contributed by atoms with Gasteiger partial charge in [0.1, 0.15) is 17.6 Å². The van der Waals surface area contributed by atoms with Crippen LogP contribution in [0.3, 0.4) is 0 Å². The summed E-state index contributed by atoms with van der Waals surface area (Å²) in [5, 5.41) is 18.4. The van der Waals surface area contributed by atoms with Crippen molar-refractivity contribution in [2.24, 2.45) is 0 Å². The first-order valence-corrected chi connectivity index (χ1v) is 12.5. The molecule has 6 N–H and O–H groups in total. The Balaban J connectivity index is 1.83. The molecule has 1 aromatic heterocycles. The van der Waals surface area contributed by atoms with Crippen molar-refractivity contribution in [2.45, 2.75) is 28.9 Å². The van der Waals surface area contributed by atoms with Crippen molar-refractivity contribution >= 4 is 35.1 Å². The SMILES string of the molecule is N#C[C@]12O[C@@H](n3ccc(=O)[nH]c3=O)[C@H](Cl)[C@@]1(O)C2OP(=O)(O)OP(=O)(O)OP(=O)(O)O. The number of hydrogen-bond acceptors (Lipinski definition) is 11. The zero-order chi connectivity index (χ0) is 23.6. The second-order valence-corrected chi connectivity index (χ2v) is 11.0. The lowest BCUT2D eigenvalue weighted by Gasteiger charge is -2.24. The van der Waals surface area contributed by atoms with E-state index in [9.17, 15) is 38.5 Å². The molecule has 0 amide bonds. The number of nitrogens with one attached hydrogen (secondary N) is 1. The largest absolute Gasteiger partial charge is 0.490 e. The first-order chi connectivity index (χ1) is 14.0. The number of aliphatic hydroxyl groups is 1. The maximum atomic E-state index is 12.0. The van der Waals surface area contributed by atoms with Gasteiger partial charge in [0.2, 0.25) is 5.60 Å². The molecular weight excluding hydrogens is 514 g/mol. The average molecular weight is 526 g/mol. The van der Waals surface area contributed by atoms with E-state index in [1.54, 1.807) is 0 Å². The lowest BCUT2D eigenvalue weighted by Crippen LogP contribution is -2.39. The number of fused-ring (bicyclic) bond motifs is 1. The number of ether oxygens (including phenoxy) is 1. The van der Waals surface area contributed by atoms with Gasteiger partial charge in [0.15, 0.2) is 11.8 Å². The van der Waals surface area contributed by atoms with Gasteiger partial charge >= 0.3 is 29.2 Å². The van der Waals surface area contributed by atoms with Crippen LogP contribution < -0.4 is 11.2 Å². The van der Waals surface area contributed by atoms with Crippen LogP contribution in [0.4, 0.5) is 0 Å². The van der Waals surface area contributed by atoms with Crippen molar-refractivity contribution in [3.63, 3.8) is 0 Å². The minimum atomic E-state index is -5.85. The molecule has 21 heteroatoms. The molecule has 1 aliphatic heterocycles. The number of phosphoric acid groups is 3. The van der Waals surface area contributed by atoms with E-state index in [0.717, 1.165) is 12.3 Å². The molecule has 3 unspecified atom stereocenters. The number of aromatic amines is 1. The molecule has 0 aromatic carbocycles. The van der Waals surface area contributed by atoms with Crippen LogP contribution >= 0.6 is 35.1 Å². The van der Waals surface area contributed by atoms with E-state index >= 15 is 0 Å². The van der Waals surface area contributed by atoms with Crippen molar-refractivity contribution < 1.29 is 56.3 Å². The third-order valence-corrected chi connectivity index (χ3v) is 8.56. The zero-order valence-corrected chi connectivity index (χ0v) is 17.9. The Morgan fingerprint density at radius 3 is 2.29 bits per heavy atom. The van der Waals surface area contributed by atoms with Crippen LogP contribution in [0.5, 0.6) is 0 Å². The average Bonchev–Trinajstić information content (AvgIpc) is 2.95. The highest BCUT2D eigenvalue weighted by Crippen LogP contribution is 2.72. The van der Waals surface area contributed by atoms with Crippen molar-refractivity contribution in [1.29, 1.82) is 5.26 Å². The maximum Gasteiger partial charge on any atom is 0.490 e. The number of nitriles is 1. The predicted octanol–water partition coefficient (Wildman–Crippen LogP) is -1.61. The van der Waals surface area contributed by atoms with E-state index in [4.69, 9.17) is 31.0 Å². The Morgan fingerprint density at radius 1 is 1.19 bits per heavy atom. The molecule has 2 fully saturated rings. The fraction of sp³-hybridized carbons (Fsp3) is 0.500. The predicted molar refractivity (Wildman–Crippen MR) is 93.1 cm³/mol. The third-order valence-electron chi connectivity index (χ3n) is 4.20. The molecule has 7 atom stereocenters. The molecule has 172 valence electrons. The van der Waals surface area contributed by atoms with E-state index in [-0.39, 0.29) is 0 Å². The molecule has 31 heavy (non-hydrogen) atoms. The van der Waals surface area contributed by atoms with Crippen LogP contribution in [0, 0.1) is 11.3 Å². The summed E-state index contributed by atoms with van der Waals surface area (Å²) in [6, 6.07) is 2.35. The Hall–Kier alpha value is -1.21. The number of phosphoric ester groups is 1. The minimum absolute atomic E-state index is 0.712. The molecule has 1 aliphatic carbocycles. The van der Waals surface area contributed by atoms with Gasteiger partial charge in [0.05, 0.1) is 0 Å². The summed E-state index contributed by atoms with van der Waals surface area (Å²) < 4.78 is 51.5. The third kappa shape index (κ3) is 4.24. The van der Waals surface area contributed by atoms with Crippen LogP contribution in [0.25, 0.3) is 0 Å². The van der Waals surface area contributed by atoms with Gasteiger partial charge < -0.3 is 29.4 Å². The monoisotopic (exact) mass is 525 g/mol. The van der Waals surface area contributed by atoms with Crippen molar-refractivity contribution in [3.05, 3.63) is 33.1 Å². The minimum Gasteiger partial charge on any atom is -0.381 e. The molecule has 0 bridgehead atoms. The normalized spacial score (nSPS) is 36.1. The highest BCUT2D eigenvalue weighted by Gasteiger charge is 2.90. The highest BCUT2D eigenvalue weighted by molar-refractivity contribution is 7.66. The fourth-order valence-corrected chi connectivity index (χ4v) is 6.67. The molecule has 17 nitrogen and oxygen atoms in total. The smallest absolute Gasteiger partial charge is 0.381 e. The van der Waals surface area contributed by atoms with Crippen LogP contribution in [0.15, 0.2) is 21.9 Å². The van der Waals surface area contributed by atoms with Crippen molar-refractivity contribution in [2.75, 3.05) is 0 Å². The maximum absolute atomic E-state index is 12.0. The van der Waals surface area contributed by atoms with Crippen molar-refractivity contribution in [1.82, 2.24) is 9.55 Å². The number of halogens is 1. The van der Waals surface area contributed by atoms with Gasteiger partial charge in [-0.05, 0) is 0 Å². The van der Waals surface area contributed by atoms with E-state index in [1.807, 2.05) is 4.98 Å². The second-order valence-electron chi connectivity index (χ2n) is 6.18. The van der Waals surface area contributed by atoms with E-state index in [1.165, 1.54) is 6.07 Å². The van der Waals surface area contributed by atoms with Gasteiger partial charge in [0, 0.05) is 12.3 Å². The molecule has 1 saturated heterocycles. The van der Waals surface area contributed by atoms with Gasteiger partial charge in [-0.3, -0.25) is 18.9 Å². The van der Waals surface area contributed by atoms with Crippen LogP contribution in [-0.4, -0.2) is 56.9 Å². The number of H-pyrrole nitrogens is 1. The number of alkyl halides is 1. The van der Waals surface area contributed by atoms with Crippen LogP contribution in [-0.2, 0) is 31.6 Å². The van der Waals surface area contributed by atoms with Gasteiger partial charge in [-0.15, -0.1) is 11.6 Å². The summed E-state index contributed by atoms with van der Waals surface area (Å²) in [6.07, 6.45) is -2.69. The summed E-state index contributed by atoms with van der Waals surface area (Å²) in [6.45, 7) is 0. The first kappa shape index (κ1) is 24.4.